The average Bonchev–Trinajstić information content (AvgIpc) is 3.19. The van der Waals surface area contributed by atoms with Crippen molar-refractivity contribution in [2.45, 2.75) is 45.1 Å². The summed E-state index contributed by atoms with van der Waals surface area (Å²) in [5, 5.41) is 12.0. The third kappa shape index (κ3) is 3.08. The number of aliphatic carboxylic acids is 1. The molecule has 2 rings (SSSR count). The van der Waals surface area contributed by atoms with Gasteiger partial charge in [-0.1, -0.05) is 32.9 Å². The number of carbonyl (C=O) groups excluding carboxylic acids is 1. The Hall–Kier alpha value is -1.88. The number of nitrogens with one attached hydrogen (secondary N) is 1. The van der Waals surface area contributed by atoms with Crippen LogP contribution in [-0.4, -0.2) is 23.0 Å². The fourth-order valence-electron chi connectivity index (χ4n) is 2.24. The van der Waals surface area contributed by atoms with Crippen LogP contribution < -0.4 is 11.1 Å². The van der Waals surface area contributed by atoms with E-state index in [0.717, 1.165) is 5.56 Å². The lowest BCUT2D eigenvalue weighted by Gasteiger charge is -2.25. The molecule has 1 fully saturated rings. The summed E-state index contributed by atoms with van der Waals surface area (Å²) in [6, 6.07) is 6.38. The van der Waals surface area contributed by atoms with E-state index in [1.807, 2.05) is 20.8 Å². The van der Waals surface area contributed by atoms with Crippen molar-refractivity contribution in [3.8, 4) is 0 Å². The molecular formula is C16H22N2O3. The van der Waals surface area contributed by atoms with Gasteiger partial charge in [-0.25, -0.2) is 0 Å². The zero-order chi connectivity index (χ0) is 15.8. The number of carbonyl (C=O) groups is 2. The lowest BCUT2D eigenvalue weighted by molar-refractivity contribution is -0.140. The zero-order valence-corrected chi connectivity index (χ0v) is 12.6. The summed E-state index contributed by atoms with van der Waals surface area (Å²) in [5.74, 6) is -1.02. The van der Waals surface area contributed by atoms with Gasteiger partial charge in [0.15, 0.2) is 0 Å². The highest BCUT2D eigenvalue weighted by molar-refractivity contribution is 5.95. The Morgan fingerprint density at radius 2 is 1.76 bits per heavy atom. The van der Waals surface area contributed by atoms with Crippen LogP contribution in [-0.2, 0) is 15.0 Å². The second-order valence-electron chi connectivity index (χ2n) is 6.80. The minimum Gasteiger partial charge on any atom is -0.481 e. The first-order chi connectivity index (χ1) is 9.67. The van der Waals surface area contributed by atoms with Gasteiger partial charge in [-0.15, -0.1) is 0 Å². The normalized spacial score (nSPS) is 17.9. The Kier molecular flexibility index (Phi) is 3.80. The number of carboxylic acid groups (broad SMARTS) is 1. The predicted molar refractivity (Wildman–Crippen MR) is 81.0 cm³/mol. The fraction of sp³-hybridized carbons (Fsp3) is 0.500. The zero-order valence-electron chi connectivity index (χ0n) is 12.6. The van der Waals surface area contributed by atoms with E-state index in [9.17, 15) is 14.7 Å². The van der Waals surface area contributed by atoms with E-state index in [-0.39, 0.29) is 11.3 Å². The molecule has 0 bridgehead atoms. The van der Waals surface area contributed by atoms with Gasteiger partial charge in [-0.2, -0.15) is 0 Å². The highest BCUT2D eigenvalue weighted by Crippen LogP contribution is 2.48. The molecule has 1 unspecified atom stereocenters. The molecule has 0 saturated heterocycles. The number of benzene rings is 1. The van der Waals surface area contributed by atoms with Gasteiger partial charge >= 0.3 is 5.97 Å². The number of nitrogens with two attached hydrogens (primary N) is 1. The molecule has 1 aromatic carbocycles. The van der Waals surface area contributed by atoms with Gasteiger partial charge in [0.05, 0.1) is 11.5 Å². The summed E-state index contributed by atoms with van der Waals surface area (Å²) in [7, 11) is 0. The quantitative estimate of drug-likeness (QED) is 0.792. The van der Waals surface area contributed by atoms with Crippen molar-refractivity contribution in [1.29, 1.82) is 0 Å². The molecule has 1 aliphatic rings. The van der Waals surface area contributed by atoms with Crippen LogP contribution in [0, 0.1) is 5.41 Å². The lowest BCUT2D eigenvalue weighted by Crippen LogP contribution is -2.45. The third-order valence-corrected chi connectivity index (χ3v) is 4.08. The summed E-state index contributed by atoms with van der Waals surface area (Å²) >= 11 is 0. The molecule has 0 aliphatic heterocycles. The van der Waals surface area contributed by atoms with Crippen molar-refractivity contribution in [2.75, 3.05) is 5.32 Å². The Bertz CT molecular complexity index is 554. The summed E-state index contributed by atoms with van der Waals surface area (Å²) in [6.45, 7) is 5.72. The van der Waals surface area contributed by atoms with Crippen LogP contribution in [0.15, 0.2) is 24.3 Å². The van der Waals surface area contributed by atoms with E-state index < -0.39 is 17.4 Å². The number of hydrogen-bond donors (Lipinski definition) is 3. The van der Waals surface area contributed by atoms with E-state index in [2.05, 4.69) is 5.32 Å². The topological polar surface area (TPSA) is 92.4 Å². The molecule has 21 heavy (non-hydrogen) atoms. The maximum atomic E-state index is 12.0. The van der Waals surface area contributed by atoms with Crippen LogP contribution in [0.4, 0.5) is 5.69 Å². The van der Waals surface area contributed by atoms with Gasteiger partial charge in [0.1, 0.15) is 0 Å². The maximum Gasteiger partial charge on any atom is 0.314 e. The van der Waals surface area contributed by atoms with Gasteiger partial charge < -0.3 is 16.2 Å². The molecule has 5 nitrogen and oxygen atoms in total. The monoisotopic (exact) mass is 290 g/mol. The maximum absolute atomic E-state index is 12.0. The van der Waals surface area contributed by atoms with Crippen LogP contribution in [0.5, 0.6) is 0 Å². The number of rotatable bonds is 4. The molecular weight excluding hydrogens is 268 g/mol. The first-order valence-corrected chi connectivity index (χ1v) is 7.07. The van der Waals surface area contributed by atoms with Crippen LogP contribution in [0.1, 0.15) is 39.2 Å². The van der Waals surface area contributed by atoms with Crippen LogP contribution in [0.25, 0.3) is 0 Å². The Morgan fingerprint density at radius 3 is 2.14 bits per heavy atom. The van der Waals surface area contributed by atoms with Gasteiger partial charge in [0.25, 0.3) is 0 Å². The molecule has 1 aliphatic carbocycles. The molecule has 5 heteroatoms. The largest absolute Gasteiger partial charge is 0.481 e. The van der Waals surface area contributed by atoms with Crippen molar-refractivity contribution >= 4 is 17.6 Å². The van der Waals surface area contributed by atoms with Crippen LogP contribution in [0.2, 0.25) is 0 Å². The van der Waals surface area contributed by atoms with Crippen molar-refractivity contribution < 1.29 is 14.7 Å². The third-order valence-electron chi connectivity index (χ3n) is 4.08. The van der Waals surface area contributed by atoms with Crippen molar-refractivity contribution in [3.05, 3.63) is 29.8 Å². The Labute approximate surface area is 124 Å². The predicted octanol–water partition coefficient (Wildman–Crippen LogP) is 2.11. The minimum atomic E-state index is -0.783. The van der Waals surface area contributed by atoms with E-state index >= 15 is 0 Å². The van der Waals surface area contributed by atoms with Gasteiger partial charge in [0.2, 0.25) is 5.91 Å². The van der Waals surface area contributed by atoms with E-state index in [0.29, 0.717) is 18.5 Å². The standard InChI is InChI=1S/C16H22N2O3/c1-15(2,3)12(17)13(19)18-11-6-4-10(5-7-11)16(8-9-16)14(20)21/h4-7,12H,8-9,17H2,1-3H3,(H,18,19)(H,20,21). The molecule has 0 aromatic heterocycles. The van der Waals surface area contributed by atoms with Crippen LogP contribution in [0.3, 0.4) is 0 Å². The summed E-state index contributed by atoms with van der Waals surface area (Å²) in [4.78, 5) is 23.3. The van der Waals surface area contributed by atoms with E-state index in [1.54, 1.807) is 24.3 Å². The molecule has 0 heterocycles. The average molecular weight is 290 g/mol. The minimum absolute atomic E-state index is 0.241. The lowest BCUT2D eigenvalue weighted by atomic mass is 9.87. The molecule has 1 aromatic rings. The summed E-state index contributed by atoms with van der Waals surface area (Å²) in [5.41, 5.74) is 6.28. The highest BCUT2D eigenvalue weighted by Gasteiger charge is 2.51. The van der Waals surface area contributed by atoms with Crippen molar-refractivity contribution in [2.24, 2.45) is 11.1 Å². The van der Waals surface area contributed by atoms with E-state index in [4.69, 9.17) is 5.73 Å². The van der Waals surface area contributed by atoms with Gasteiger partial charge in [0, 0.05) is 5.69 Å². The molecule has 1 amide bonds. The molecule has 1 atom stereocenters. The Morgan fingerprint density at radius 1 is 1.24 bits per heavy atom. The Balaban J connectivity index is 2.07. The first kappa shape index (κ1) is 15.5. The van der Waals surface area contributed by atoms with Gasteiger partial charge in [-0.05, 0) is 36.0 Å². The van der Waals surface area contributed by atoms with Gasteiger partial charge in [-0.3, -0.25) is 9.59 Å². The highest BCUT2D eigenvalue weighted by atomic mass is 16.4. The second kappa shape index (κ2) is 5.15. The summed E-state index contributed by atoms with van der Waals surface area (Å²) < 4.78 is 0. The second-order valence-corrected chi connectivity index (χ2v) is 6.80. The van der Waals surface area contributed by atoms with Crippen molar-refractivity contribution in [3.63, 3.8) is 0 Å². The summed E-state index contributed by atoms with van der Waals surface area (Å²) in [6.07, 6.45) is 1.34. The van der Waals surface area contributed by atoms with Crippen LogP contribution >= 0.6 is 0 Å². The first-order valence-electron chi connectivity index (χ1n) is 7.07. The molecule has 114 valence electrons. The fourth-order valence-corrected chi connectivity index (χ4v) is 2.24. The van der Waals surface area contributed by atoms with E-state index in [1.165, 1.54) is 0 Å². The SMILES string of the molecule is CC(C)(C)C(N)C(=O)Nc1ccc(C2(C(=O)O)CC2)cc1. The number of hydrogen-bond acceptors (Lipinski definition) is 3. The van der Waals surface area contributed by atoms with Crippen molar-refractivity contribution in [1.82, 2.24) is 0 Å². The number of amides is 1. The molecule has 1 saturated carbocycles. The number of anilines is 1. The molecule has 0 spiro atoms. The molecule has 4 N–H and O–H groups in total. The smallest absolute Gasteiger partial charge is 0.314 e. The molecule has 0 radical (unpaired) electrons. The number of carboxylic acids is 1.